The molecule has 1 N–H and O–H groups in total. The summed E-state index contributed by atoms with van der Waals surface area (Å²) < 4.78 is 14.4. The molecule has 7 nitrogen and oxygen atoms in total. The van der Waals surface area contributed by atoms with E-state index in [0.29, 0.717) is 12.6 Å². The summed E-state index contributed by atoms with van der Waals surface area (Å²) in [5.41, 5.74) is 2.09. The number of piperazine rings is 1. The van der Waals surface area contributed by atoms with Gasteiger partial charge in [-0.05, 0) is 45.7 Å². The first-order chi connectivity index (χ1) is 13.4. The van der Waals surface area contributed by atoms with E-state index in [9.17, 15) is 5.11 Å². The van der Waals surface area contributed by atoms with Crippen LogP contribution in [0, 0.1) is 13.8 Å². The van der Waals surface area contributed by atoms with E-state index in [0.717, 1.165) is 64.3 Å². The maximum Gasteiger partial charge on any atom is 0.228 e. The normalized spacial score (nSPS) is 19.7. The van der Waals surface area contributed by atoms with E-state index >= 15 is 0 Å². The van der Waals surface area contributed by atoms with Gasteiger partial charge in [0.1, 0.15) is 12.7 Å². The Kier molecular flexibility index (Phi) is 5.66. The van der Waals surface area contributed by atoms with Crippen molar-refractivity contribution in [2.24, 2.45) is 0 Å². The zero-order valence-corrected chi connectivity index (χ0v) is 19.0. The lowest BCUT2D eigenvalue weighted by molar-refractivity contribution is 0.0557. The third-order valence-electron chi connectivity index (χ3n) is 5.18. The molecule has 28 heavy (non-hydrogen) atoms. The molecule has 1 saturated heterocycles. The van der Waals surface area contributed by atoms with Crippen molar-refractivity contribution in [3.8, 4) is 17.4 Å². The van der Waals surface area contributed by atoms with Gasteiger partial charge < -0.3 is 19.5 Å². The molecule has 1 fully saturated rings. The molecule has 1 aromatic carbocycles. The molecule has 0 radical (unpaired) electrons. The Balaban J connectivity index is 1.38. The summed E-state index contributed by atoms with van der Waals surface area (Å²) in [5.74, 6) is 2.24. The Hall–Kier alpha value is -1.58. The maximum absolute atomic E-state index is 9.55. The Morgan fingerprint density at radius 3 is 2.46 bits per heavy atom. The second kappa shape index (κ2) is 8.04. The van der Waals surface area contributed by atoms with Crippen molar-refractivity contribution in [3.63, 3.8) is 0 Å². The Morgan fingerprint density at radius 1 is 1.11 bits per heavy atom. The highest BCUT2D eigenvalue weighted by Gasteiger charge is 2.30. The Labute approximate surface area is 180 Å². The Morgan fingerprint density at radius 2 is 1.79 bits per heavy atom. The van der Waals surface area contributed by atoms with Gasteiger partial charge in [-0.3, -0.25) is 4.90 Å². The van der Waals surface area contributed by atoms with Gasteiger partial charge in [-0.15, -0.1) is 0 Å². The zero-order valence-electron chi connectivity index (χ0n) is 15.8. The van der Waals surface area contributed by atoms with Gasteiger partial charge in [-0.2, -0.15) is 4.98 Å². The molecule has 4 rings (SSSR count). The van der Waals surface area contributed by atoms with E-state index in [1.165, 1.54) is 6.07 Å². The number of benzene rings is 1. The van der Waals surface area contributed by atoms with E-state index in [2.05, 4.69) is 51.6 Å². The summed E-state index contributed by atoms with van der Waals surface area (Å²) in [7, 11) is 0. The highest BCUT2D eigenvalue weighted by molar-refractivity contribution is 9.13. The monoisotopic (exact) mass is 512 g/mol. The minimum Gasteiger partial charge on any atom is -0.493 e. The second-order valence-electron chi connectivity index (χ2n) is 7.09. The molecule has 0 bridgehead atoms. The fourth-order valence-electron chi connectivity index (χ4n) is 3.56. The lowest BCUT2D eigenvalue weighted by atomic mass is 10.1. The topological polar surface area (TPSA) is 71.0 Å². The van der Waals surface area contributed by atoms with Crippen LogP contribution in [0.25, 0.3) is 0 Å². The molecule has 3 heterocycles. The quantitative estimate of drug-likeness (QED) is 0.675. The predicted molar refractivity (Wildman–Crippen MR) is 114 cm³/mol. The molecule has 2 aromatic rings. The summed E-state index contributed by atoms with van der Waals surface area (Å²) in [5, 5.41) is 9.55. The van der Waals surface area contributed by atoms with Crippen LogP contribution in [0.1, 0.15) is 11.1 Å². The van der Waals surface area contributed by atoms with Crippen molar-refractivity contribution in [3.05, 3.63) is 32.3 Å². The molecule has 2 aliphatic heterocycles. The van der Waals surface area contributed by atoms with Crippen LogP contribution in [0.4, 0.5) is 5.95 Å². The van der Waals surface area contributed by atoms with Crippen LogP contribution in [0.5, 0.6) is 17.4 Å². The van der Waals surface area contributed by atoms with Crippen LogP contribution < -0.4 is 14.4 Å². The third kappa shape index (κ3) is 3.79. The molecule has 1 atom stereocenters. The number of ether oxygens (including phenoxy) is 2. The van der Waals surface area contributed by atoms with Gasteiger partial charge in [0.15, 0.2) is 11.5 Å². The molecule has 0 spiro atoms. The number of anilines is 1. The van der Waals surface area contributed by atoms with Gasteiger partial charge in [0.05, 0.1) is 0 Å². The van der Waals surface area contributed by atoms with Crippen LogP contribution in [0.15, 0.2) is 21.2 Å². The minimum absolute atomic E-state index is 0.00214. The average molecular weight is 514 g/mol. The number of fused-ring (bicyclic) bond motifs is 1. The molecule has 9 heteroatoms. The zero-order chi connectivity index (χ0) is 19.8. The molecule has 150 valence electrons. The van der Waals surface area contributed by atoms with Crippen molar-refractivity contribution in [2.75, 3.05) is 44.2 Å². The predicted octanol–water partition coefficient (Wildman–Crippen LogP) is 3.29. The molecule has 0 saturated carbocycles. The van der Waals surface area contributed by atoms with Crippen LogP contribution in [-0.4, -0.2) is 65.4 Å². The summed E-state index contributed by atoms with van der Waals surface area (Å²) >= 11 is 7.25. The van der Waals surface area contributed by atoms with Crippen molar-refractivity contribution in [2.45, 2.75) is 20.0 Å². The molecule has 1 unspecified atom stereocenters. The van der Waals surface area contributed by atoms with Crippen molar-refractivity contribution in [1.82, 2.24) is 14.9 Å². The van der Waals surface area contributed by atoms with Gasteiger partial charge in [-0.25, -0.2) is 4.98 Å². The number of hydrogen-bond donors (Lipinski definition) is 1. The van der Waals surface area contributed by atoms with Gasteiger partial charge in [0.2, 0.25) is 11.8 Å². The lowest BCUT2D eigenvalue weighted by Crippen LogP contribution is -2.51. The first-order valence-corrected chi connectivity index (χ1v) is 10.8. The van der Waals surface area contributed by atoms with E-state index in [1.807, 2.05) is 13.8 Å². The second-order valence-corrected chi connectivity index (χ2v) is 8.68. The smallest absolute Gasteiger partial charge is 0.228 e. The van der Waals surface area contributed by atoms with E-state index in [4.69, 9.17) is 9.47 Å². The molecular weight excluding hydrogens is 492 g/mol. The van der Waals surface area contributed by atoms with Crippen molar-refractivity contribution < 1.29 is 14.6 Å². The van der Waals surface area contributed by atoms with Crippen LogP contribution in [-0.2, 0) is 0 Å². The third-order valence-corrected chi connectivity index (χ3v) is 7.70. The highest BCUT2D eigenvalue weighted by Crippen LogP contribution is 2.46. The molecule has 1 aromatic heterocycles. The molecule has 0 amide bonds. The van der Waals surface area contributed by atoms with Gasteiger partial charge >= 0.3 is 0 Å². The van der Waals surface area contributed by atoms with E-state index in [1.54, 1.807) is 6.20 Å². The number of nitrogens with zero attached hydrogens (tertiary/aromatic N) is 4. The van der Waals surface area contributed by atoms with E-state index < -0.39 is 0 Å². The minimum atomic E-state index is -0.0118. The standard InChI is InChI=1S/C19H22Br2N4O3/c1-11-15(20)16(21)12(2)18-17(11)27-10-13(28-18)9-24-5-7-25(8-6-24)19-22-4-3-14(26)23-19/h3-4,13H,5-10H2,1-2H3,(H,22,23,26). The number of rotatable bonds is 3. The first-order valence-electron chi connectivity index (χ1n) is 9.21. The highest BCUT2D eigenvalue weighted by atomic mass is 79.9. The van der Waals surface area contributed by atoms with E-state index in [-0.39, 0.29) is 12.0 Å². The summed E-state index contributed by atoms with van der Waals surface area (Å²) in [6.45, 7) is 8.79. The summed E-state index contributed by atoms with van der Waals surface area (Å²) in [4.78, 5) is 12.8. The lowest BCUT2D eigenvalue weighted by Gasteiger charge is -2.37. The van der Waals surface area contributed by atoms with Crippen molar-refractivity contribution in [1.29, 1.82) is 0 Å². The first kappa shape index (κ1) is 19.7. The number of halogens is 2. The Bertz CT molecular complexity index is 888. The van der Waals surface area contributed by atoms with Crippen molar-refractivity contribution >= 4 is 37.8 Å². The molecular formula is C19H22Br2N4O3. The molecule has 2 aliphatic rings. The van der Waals surface area contributed by atoms with Gasteiger partial charge in [0, 0.05) is 65.1 Å². The SMILES string of the molecule is Cc1c(Br)c(Br)c(C)c2c1OCC(CN1CCN(c3nccc(O)n3)CC1)O2. The van der Waals surface area contributed by atoms with Crippen LogP contribution in [0.3, 0.4) is 0 Å². The number of hydrogen-bond acceptors (Lipinski definition) is 7. The fraction of sp³-hybridized carbons (Fsp3) is 0.474. The largest absolute Gasteiger partial charge is 0.493 e. The van der Waals surface area contributed by atoms with Crippen LogP contribution >= 0.6 is 31.9 Å². The van der Waals surface area contributed by atoms with Crippen LogP contribution in [0.2, 0.25) is 0 Å². The molecule has 0 aliphatic carbocycles. The average Bonchev–Trinajstić information content (AvgIpc) is 2.71. The number of aromatic hydroxyl groups is 1. The van der Waals surface area contributed by atoms with Gasteiger partial charge in [-0.1, -0.05) is 0 Å². The summed E-state index contributed by atoms with van der Waals surface area (Å²) in [6, 6.07) is 1.48. The number of aromatic nitrogens is 2. The summed E-state index contributed by atoms with van der Waals surface area (Å²) in [6.07, 6.45) is 1.57. The maximum atomic E-state index is 9.55. The van der Waals surface area contributed by atoms with Gasteiger partial charge in [0.25, 0.3) is 0 Å². The fourth-order valence-corrected chi connectivity index (χ4v) is 4.52.